The molecule has 1 atom stereocenters. The van der Waals surface area contributed by atoms with Crippen LogP contribution in [0.5, 0.6) is 5.88 Å². The van der Waals surface area contributed by atoms with Crippen molar-refractivity contribution in [3.63, 3.8) is 0 Å². The summed E-state index contributed by atoms with van der Waals surface area (Å²) in [7, 11) is 0. The minimum Gasteiger partial charge on any atom is -0.492 e. The van der Waals surface area contributed by atoms with E-state index < -0.39 is 0 Å². The van der Waals surface area contributed by atoms with Crippen molar-refractivity contribution in [2.45, 2.75) is 13.0 Å². The summed E-state index contributed by atoms with van der Waals surface area (Å²) in [5, 5.41) is 15.4. The number of furan rings is 2. The molecule has 0 amide bonds. The third-order valence-electron chi connectivity index (χ3n) is 5.22. The maximum atomic E-state index is 11.0. The highest BCUT2D eigenvalue weighted by atomic mass is 32.1. The third kappa shape index (κ3) is 2.92. The minimum absolute atomic E-state index is 0.102. The zero-order chi connectivity index (χ0) is 19.1. The number of aromatic hydroxyl groups is 1. The maximum absolute atomic E-state index is 11.0. The predicted molar refractivity (Wildman–Crippen MR) is 104 cm³/mol. The van der Waals surface area contributed by atoms with E-state index in [9.17, 15) is 5.11 Å². The van der Waals surface area contributed by atoms with Crippen molar-refractivity contribution in [2.24, 2.45) is 0 Å². The summed E-state index contributed by atoms with van der Waals surface area (Å²) >= 11 is 1.43. The van der Waals surface area contributed by atoms with Crippen molar-refractivity contribution in [2.75, 3.05) is 32.7 Å². The molecule has 9 heteroatoms. The average molecular weight is 399 g/mol. The van der Waals surface area contributed by atoms with Crippen molar-refractivity contribution < 1.29 is 13.9 Å². The Hall–Kier alpha value is -2.62. The SMILES string of the molecule is CCN1CCN([C@@H](c2ccco2)c2sc3nc(-c4ccco4)nn3c2O)CC1. The second kappa shape index (κ2) is 7.08. The standard InChI is InChI=1S/C19H21N5O3S/c1-2-22-7-9-23(10-8-22)15(13-5-3-11-26-13)16-18(25)24-19(28-16)20-17(21-24)14-6-4-12-27-14/h3-6,11-12,15,25H,2,7-10H2,1H3/t15-/m0/s1. The van der Waals surface area contributed by atoms with E-state index >= 15 is 0 Å². The first-order valence-corrected chi connectivity index (χ1v) is 10.2. The molecule has 4 aromatic rings. The monoisotopic (exact) mass is 399 g/mol. The molecule has 5 rings (SSSR count). The van der Waals surface area contributed by atoms with Gasteiger partial charge in [0.05, 0.1) is 17.4 Å². The number of hydrogen-bond donors (Lipinski definition) is 1. The Kier molecular flexibility index (Phi) is 4.42. The van der Waals surface area contributed by atoms with Crippen LogP contribution in [-0.2, 0) is 0 Å². The molecule has 28 heavy (non-hydrogen) atoms. The molecule has 0 bridgehead atoms. The summed E-state index contributed by atoms with van der Waals surface area (Å²) in [6.45, 7) is 7.04. The Morgan fingerprint density at radius 2 is 1.93 bits per heavy atom. The lowest BCUT2D eigenvalue weighted by molar-refractivity contribution is 0.105. The van der Waals surface area contributed by atoms with Gasteiger partial charge in [-0.3, -0.25) is 4.90 Å². The predicted octanol–water partition coefficient (Wildman–Crippen LogP) is 3.08. The first-order valence-electron chi connectivity index (χ1n) is 9.36. The highest BCUT2D eigenvalue weighted by Gasteiger charge is 2.33. The molecule has 0 saturated carbocycles. The lowest BCUT2D eigenvalue weighted by atomic mass is 10.1. The van der Waals surface area contributed by atoms with E-state index in [0.717, 1.165) is 43.4 Å². The fraction of sp³-hybridized carbons (Fsp3) is 0.368. The molecular formula is C19H21N5O3S. The van der Waals surface area contributed by atoms with Crippen LogP contribution in [0.15, 0.2) is 45.6 Å². The smallest absolute Gasteiger partial charge is 0.230 e. The van der Waals surface area contributed by atoms with Gasteiger partial charge < -0.3 is 18.8 Å². The number of nitrogens with zero attached hydrogens (tertiary/aromatic N) is 5. The van der Waals surface area contributed by atoms with E-state index in [1.54, 1.807) is 24.7 Å². The number of likely N-dealkylation sites (N-methyl/N-ethyl adjacent to an activating group) is 1. The van der Waals surface area contributed by atoms with Gasteiger partial charge in [0.2, 0.25) is 16.7 Å². The molecule has 5 heterocycles. The fourth-order valence-electron chi connectivity index (χ4n) is 3.70. The number of rotatable bonds is 5. The molecule has 0 aromatic carbocycles. The van der Waals surface area contributed by atoms with Crippen LogP contribution in [-0.4, -0.2) is 62.2 Å². The molecular weight excluding hydrogens is 378 g/mol. The largest absolute Gasteiger partial charge is 0.492 e. The van der Waals surface area contributed by atoms with Crippen molar-refractivity contribution in [3.8, 4) is 17.5 Å². The summed E-state index contributed by atoms with van der Waals surface area (Å²) in [6, 6.07) is 7.28. The summed E-state index contributed by atoms with van der Waals surface area (Å²) in [4.78, 5) is 10.7. The van der Waals surface area contributed by atoms with E-state index in [0.29, 0.717) is 16.5 Å². The number of hydrogen-bond acceptors (Lipinski definition) is 8. The van der Waals surface area contributed by atoms with Gasteiger partial charge in [-0.1, -0.05) is 18.3 Å². The fourth-order valence-corrected chi connectivity index (χ4v) is 4.80. The molecule has 8 nitrogen and oxygen atoms in total. The van der Waals surface area contributed by atoms with Crippen LogP contribution in [0.25, 0.3) is 16.5 Å². The van der Waals surface area contributed by atoms with Gasteiger partial charge in [-0.25, -0.2) is 0 Å². The number of piperazine rings is 1. The van der Waals surface area contributed by atoms with Gasteiger partial charge in [0.25, 0.3) is 0 Å². The average Bonchev–Trinajstić information content (AvgIpc) is 3.50. The lowest BCUT2D eigenvalue weighted by Crippen LogP contribution is -2.47. The molecule has 0 radical (unpaired) electrons. The Labute approximate surface area is 165 Å². The second-order valence-electron chi connectivity index (χ2n) is 6.79. The first kappa shape index (κ1) is 17.5. The Morgan fingerprint density at radius 3 is 2.57 bits per heavy atom. The summed E-state index contributed by atoms with van der Waals surface area (Å²) in [6.07, 6.45) is 3.26. The van der Waals surface area contributed by atoms with Gasteiger partial charge in [0.15, 0.2) is 5.76 Å². The molecule has 1 aliphatic rings. The normalized spacial score (nSPS) is 17.5. The summed E-state index contributed by atoms with van der Waals surface area (Å²) in [5.74, 6) is 1.96. The molecule has 0 aliphatic carbocycles. The Bertz CT molecular complexity index is 1050. The van der Waals surface area contributed by atoms with Crippen LogP contribution in [0.1, 0.15) is 23.6 Å². The highest BCUT2D eigenvalue weighted by molar-refractivity contribution is 7.17. The van der Waals surface area contributed by atoms with Crippen LogP contribution in [0, 0.1) is 0 Å². The Morgan fingerprint density at radius 1 is 1.14 bits per heavy atom. The van der Waals surface area contributed by atoms with Crippen LogP contribution >= 0.6 is 11.3 Å². The quantitative estimate of drug-likeness (QED) is 0.552. The molecule has 0 unspecified atom stereocenters. The van der Waals surface area contributed by atoms with E-state index in [1.807, 2.05) is 12.1 Å². The van der Waals surface area contributed by atoms with Crippen LogP contribution in [0.3, 0.4) is 0 Å². The van der Waals surface area contributed by atoms with Gasteiger partial charge in [-0.2, -0.15) is 9.50 Å². The van der Waals surface area contributed by atoms with E-state index in [1.165, 1.54) is 15.9 Å². The van der Waals surface area contributed by atoms with Crippen LogP contribution in [0.4, 0.5) is 0 Å². The summed E-state index contributed by atoms with van der Waals surface area (Å²) in [5.41, 5.74) is 0. The second-order valence-corrected chi connectivity index (χ2v) is 7.79. The molecule has 1 aliphatic heterocycles. The first-order chi connectivity index (χ1) is 13.7. The van der Waals surface area contributed by atoms with E-state index in [4.69, 9.17) is 8.83 Å². The van der Waals surface area contributed by atoms with Crippen molar-refractivity contribution in [1.82, 2.24) is 24.4 Å². The molecule has 1 saturated heterocycles. The van der Waals surface area contributed by atoms with Crippen molar-refractivity contribution in [3.05, 3.63) is 47.4 Å². The number of fused-ring (bicyclic) bond motifs is 1. The van der Waals surface area contributed by atoms with Crippen molar-refractivity contribution in [1.29, 1.82) is 0 Å². The zero-order valence-corrected chi connectivity index (χ0v) is 16.3. The maximum Gasteiger partial charge on any atom is 0.230 e. The van der Waals surface area contributed by atoms with E-state index in [2.05, 4.69) is 26.8 Å². The molecule has 0 spiro atoms. The minimum atomic E-state index is -0.158. The van der Waals surface area contributed by atoms with Gasteiger partial charge in [-0.05, 0) is 30.8 Å². The van der Waals surface area contributed by atoms with Gasteiger partial charge >= 0.3 is 0 Å². The molecule has 1 fully saturated rings. The topological polar surface area (TPSA) is 83.2 Å². The van der Waals surface area contributed by atoms with Crippen LogP contribution in [0.2, 0.25) is 0 Å². The highest BCUT2D eigenvalue weighted by Crippen LogP contribution is 2.40. The molecule has 1 N–H and O–H groups in total. The van der Waals surface area contributed by atoms with Gasteiger partial charge in [0, 0.05) is 26.2 Å². The lowest BCUT2D eigenvalue weighted by Gasteiger charge is -2.37. The third-order valence-corrected chi connectivity index (χ3v) is 6.29. The molecule has 146 valence electrons. The van der Waals surface area contributed by atoms with E-state index in [-0.39, 0.29) is 11.9 Å². The van der Waals surface area contributed by atoms with Gasteiger partial charge in [0.1, 0.15) is 11.8 Å². The van der Waals surface area contributed by atoms with Crippen molar-refractivity contribution >= 4 is 16.3 Å². The summed E-state index contributed by atoms with van der Waals surface area (Å²) < 4.78 is 12.6. The zero-order valence-electron chi connectivity index (χ0n) is 15.5. The molecule has 4 aromatic heterocycles. The number of aromatic nitrogens is 3. The Balaban J connectivity index is 1.53. The van der Waals surface area contributed by atoms with Gasteiger partial charge in [-0.15, -0.1) is 5.10 Å². The van der Waals surface area contributed by atoms with Crippen LogP contribution < -0.4 is 0 Å². The number of thiazole rings is 1.